The lowest BCUT2D eigenvalue weighted by molar-refractivity contribution is 0.0698. The summed E-state index contributed by atoms with van der Waals surface area (Å²) in [6.07, 6.45) is 5.21. The number of benzene rings is 2. The predicted molar refractivity (Wildman–Crippen MR) is 114 cm³/mol. The van der Waals surface area contributed by atoms with Crippen molar-refractivity contribution >= 4 is 28.5 Å². The molecule has 0 unspecified atom stereocenters. The molecule has 2 heterocycles. The minimum atomic E-state index is -1.06. The van der Waals surface area contributed by atoms with Crippen LogP contribution in [0.5, 0.6) is 0 Å². The highest BCUT2D eigenvalue weighted by Gasteiger charge is 2.13. The van der Waals surface area contributed by atoms with Crippen molar-refractivity contribution in [2.45, 2.75) is 19.4 Å². The summed E-state index contributed by atoms with van der Waals surface area (Å²) in [4.78, 5) is 15.0. The molecule has 0 bridgehead atoms. The number of hydrogen-bond donors (Lipinski definition) is 2. The SMILES string of the molecule is CC[C@H](N)c1cccc(Cl)c1.O=C(O)c1cncc2c1cnn2-c1ccc(F)cc1. The first-order chi connectivity index (χ1) is 14.4. The largest absolute Gasteiger partial charge is 0.478 e. The number of nitrogens with two attached hydrogens (primary N) is 1. The van der Waals surface area contributed by atoms with Crippen LogP contribution in [0.2, 0.25) is 5.02 Å². The second kappa shape index (κ2) is 9.47. The maximum absolute atomic E-state index is 12.9. The number of pyridine rings is 1. The molecule has 4 aromatic rings. The zero-order chi connectivity index (χ0) is 21.7. The first-order valence-corrected chi connectivity index (χ1v) is 9.60. The van der Waals surface area contributed by atoms with Crippen LogP contribution in [-0.2, 0) is 0 Å². The Hall–Kier alpha value is -3.29. The molecule has 2 aromatic heterocycles. The van der Waals surface area contributed by atoms with Gasteiger partial charge in [-0.15, -0.1) is 0 Å². The average Bonchev–Trinajstić information content (AvgIpc) is 3.18. The van der Waals surface area contributed by atoms with E-state index in [1.807, 2.05) is 24.3 Å². The number of hydrogen-bond acceptors (Lipinski definition) is 4. The van der Waals surface area contributed by atoms with Crippen LogP contribution in [-0.4, -0.2) is 25.8 Å². The fourth-order valence-corrected chi connectivity index (χ4v) is 3.07. The number of fused-ring (bicyclic) bond motifs is 1. The second-order valence-corrected chi connectivity index (χ2v) is 6.96. The molecule has 0 aliphatic rings. The highest BCUT2D eigenvalue weighted by molar-refractivity contribution is 6.30. The lowest BCUT2D eigenvalue weighted by atomic mass is 10.1. The van der Waals surface area contributed by atoms with Gasteiger partial charge in [0.25, 0.3) is 0 Å². The van der Waals surface area contributed by atoms with E-state index in [0.717, 1.165) is 17.0 Å². The number of rotatable bonds is 4. The van der Waals surface area contributed by atoms with Crippen molar-refractivity contribution in [3.8, 4) is 5.69 Å². The molecule has 2 aromatic carbocycles. The molecule has 30 heavy (non-hydrogen) atoms. The van der Waals surface area contributed by atoms with Gasteiger partial charge in [-0.2, -0.15) is 5.10 Å². The summed E-state index contributed by atoms with van der Waals surface area (Å²) in [5, 5.41) is 14.4. The highest BCUT2D eigenvalue weighted by atomic mass is 35.5. The molecule has 4 rings (SSSR count). The zero-order valence-electron chi connectivity index (χ0n) is 16.2. The summed E-state index contributed by atoms with van der Waals surface area (Å²) in [6, 6.07) is 13.6. The molecule has 0 aliphatic heterocycles. The number of halogens is 2. The lowest BCUT2D eigenvalue weighted by Gasteiger charge is -2.08. The second-order valence-electron chi connectivity index (χ2n) is 6.53. The quantitative estimate of drug-likeness (QED) is 0.478. The van der Waals surface area contributed by atoms with Gasteiger partial charge in [-0.05, 0) is 48.4 Å². The Labute approximate surface area is 177 Å². The van der Waals surface area contributed by atoms with E-state index in [9.17, 15) is 9.18 Å². The summed E-state index contributed by atoms with van der Waals surface area (Å²) in [7, 11) is 0. The van der Waals surface area contributed by atoms with Crippen LogP contribution in [0, 0.1) is 5.82 Å². The Morgan fingerprint density at radius 1 is 1.20 bits per heavy atom. The van der Waals surface area contributed by atoms with E-state index in [2.05, 4.69) is 17.0 Å². The first-order valence-electron chi connectivity index (χ1n) is 9.22. The standard InChI is InChI=1S/C13H8FN3O2.C9H12ClN/c14-8-1-3-9(4-2-8)17-12-7-15-5-11(13(18)19)10(12)6-16-17;1-2-9(11)7-4-3-5-8(10)6-7/h1-7H,(H,18,19);3-6,9H,2,11H2,1H3/t;9-/m.0/s1. The van der Waals surface area contributed by atoms with Crippen molar-refractivity contribution < 1.29 is 14.3 Å². The van der Waals surface area contributed by atoms with E-state index < -0.39 is 5.97 Å². The molecule has 1 atom stereocenters. The number of carboxylic acid groups (broad SMARTS) is 1. The number of aromatic carboxylic acids is 1. The monoisotopic (exact) mass is 426 g/mol. The van der Waals surface area contributed by atoms with Crippen LogP contribution in [0.1, 0.15) is 35.3 Å². The van der Waals surface area contributed by atoms with Crippen LogP contribution in [0.3, 0.4) is 0 Å². The molecule has 6 nitrogen and oxygen atoms in total. The molecule has 8 heteroatoms. The topological polar surface area (TPSA) is 94.0 Å². The molecule has 0 radical (unpaired) electrons. The Kier molecular flexibility index (Phi) is 6.76. The van der Waals surface area contributed by atoms with Crippen molar-refractivity contribution in [3.05, 3.63) is 89.1 Å². The normalized spacial score (nSPS) is 11.6. The number of carbonyl (C=O) groups is 1. The van der Waals surface area contributed by atoms with E-state index in [-0.39, 0.29) is 17.4 Å². The molecule has 0 amide bonds. The van der Waals surface area contributed by atoms with E-state index in [4.69, 9.17) is 22.4 Å². The first kappa shape index (κ1) is 21.4. The molecule has 154 valence electrons. The van der Waals surface area contributed by atoms with Crippen LogP contribution in [0.4, 0.5) is 4.39 Å². The Morgan fingerprint density at radius 3 is 2.57 bits per heavy atom. The van der Waals surface area contributed by atoms with Gasteiger partial charge in [-0.25, -0.2) is 13.9 Å². The third kappa shape index (κ3) is 4.82. The van der Waals surface area contributed by atoms with Crippen molar-refractivity contribution in [2.75, 3.05) is 0 Å². The van der Waals surface area contributed by atoms with E-state index in [1.54, 1.807) is 12.1 Å². The van der Waals surface area contributed by atoms with Gasteiger partial charge in [0.05, 0.1) is 29.2 Å². The molecule has 0 saturated heterocycles. The predicted octanol–water partition coefficient (Wildman–Crippen LogP) is 5.01. The van der Waals surface area contributed by atoms with E-state index >= 15 is 0 Å². The van der Waals surface area contributed by atoms with Gasteiger partial charge in [0.2, 0.25) is 0 Å². The van der Waals surface area contributed by atoms with Crippen molar-refractivity contribution in [2.24, 2.45) is 5.73 Å². The summed E-state index contributed by atoms with van der Waals surface area (Å²) in [5.41, 5.74) is 8.21. The van der Waals surface area contributed by atoms with Gasteiger partial charge in [0.1, 0.15) is 5.82 Å². The molecule has 0 saturated carbocycles. The summed E-state index contributed by atoms with van der Waals surface area (Å²) >= 11 is 5.79. The summed E-state index contributed by atoms with van der Waals surface area (Å²) in [6.45, 7) is 2.06. The highest BCUT2D eigenvalue weighted by Crippen LogP contribution is 2.21. The van der Waals surface area contributed by atoms with Crippen LogP contribution < -0.4 is 5.73 Å². The van der Waals surface area contributed by atoms with Crippen LogP contribution in [0.15, 0.2) is 67.1 Å². The fraction of sp³-hybridized carbons (Fsp3) is 0.136. The van der Waals surface area contributed by atoms with Crippen LogP contribution in [0.25, 0.3) is 16.6 Å². The van der Waals surface area contributed by atoms with E-state index in [0.29, 0.717) is 16.6 Å². The Balaban J connectivity index is 0.000000199. The van der Waals surface area contributed by atoms with E-state index in [1.165, 1.54) is 35.4 Å². The van der Waals surface area contributed by atoms with Crippen LogP contribution >= 0.6 is 11.6 Å². The smallest absolute Gasteiger partial charge is 0.338 e. The Bertz CT molecular complexity index is 1160. The Morgan fingerprint density at radius 2 is 1.93 bits per heavy atom. The summed E-state index contributed by atoms with van der Waals surface area (Å²) < 4.78 is 14.4. The van der Waals surface area contributed by atoms with Crippen molar-refractivity contribution in [3.63, 3.8) is 0 Å². The van der Waals surface area contributed by atoms with Crippen molar-refractivity contribution in [1.82, 2.24) is 14.8 Å². The minimum absolute atomic E-state index is 0.0888. The van der Waals surface area contributed by atoms with Gasteiger partial charge in [-0.3, -0.25) is 4.98 Å². The van der Waals surface area contributed by atoms with Gasteiger partial charge in [0, 0.05) is 22.6 Å². The van der Waals surface area contributed by atoms with Gasteiger partial charge in [0.15, 0.2) is 0 Å². The van der Waals surface area contributed by atoms with Gasteiger partial charge in [-0.1, -0.05) is 30.7 Å². The molecular formula is C22H20ClFN4O2. The molecule has 0 aliphatic carbocycles. The maximum atomic E-state index is 12.9. The number of aromatic nitrogens is 3. The molecular weight excluding hydrogens is 407 g/mol. The van der Waals surface area contributed by atoms with Gasteiger partial charge < -0.3 is 10.8 Å². The average molecular weight is 427 g/mol. The number of carboxylic acids is 1. The number of nitrogens with zero attached hydrogens (tertiary/aromatic N) is 3. The van der Waals surface area contributed by atoms with Crippen molar-refractivity contribution in [1.29, 1.82) is 0 Å². The minimum Gasteiger partial charge on any atom is -0.478 e. The third-order valence-corrected chi connectivity index (χ3v) is 4.75. The molecule has 0 fully saturated rings. The maximum Gasteiger partial charge on any atom is 0.338 e. The third-order valence-electron chi connectivity index (χ3n) is 4.52. The summed E-state index contributed by atoms with van der Waals surface area (Å²) in [5.74, 6) is -1.40. The molecule has 3 N–H and O–H groups in total. The van der Waals surface area contributed by atoms with Gasteiger partial charge >= 0.3 is 5.97 Å². The lowest BCUT2D eigenvalue weighted by Crippen LogP contribution is -2.07. The fourth-order valence-electron chi connectivity index (χ4n) is 2.87. The zero-order valence-corrected chi connectivity index (χ0v) is 16.9. The molecule has 0 spiro atoms.